The molecule has 8 nitrogen and oxygen atoms in total. The molecule has 0 saturated carbocycles. The van der Waals surface area contributed by atoms with E-state index >= 15 is 0 Å². The van der Waals surface area contributed by atoms with Crippen molar-refractivity contribution in [3.05, 3.63) is 76.9 Å². The number of thiophene rings is 1. The lowest BCUT2D eigenvalue weighted by Gasteiger charge is -2.30. The van der Waals surface area contributed by atoms with Gasteiger partial charge in [0.2, 0.25) is 21.8 Å². The number of carbonyl (C=O) groups excluding carboxylic acids is 2. The van der Waals surface area contributed by atoms with Crippen LogP contribution < -0.4 is 10.0 Å². The minimum absolute atomic E-state index is 0.0731. The molecule has 0 bridgehead atoms. The molecule has 2 amide bonds. The smallest absolute Gasteiger partial charge is 0.243 e. The van der Waals surface area contributed by atoms with Gasteiger partial charge in [0.1, 0.15) is 11.8 Å². The summed E-state index contributed by atoms with van der Waals surface area (Å²) in [6.45, 7) is 1.89. The van der Waals surface area contributed by atoms with Crippen LogP contribution in [-0.2, 0) is 32.7 Å². The topological polar surface area (TPSA) is 109 Å². The Morgan fingerprint density at radius 1 is 1.09 bits per heavy atom. The minimum Gasteiger partial charge on any atom is -0.467 e. The van der Waals surface area contributed by atoms with Gasteiger partial charge in [-0.2, -0.15) is 0 Å². The van der Waals surface area contributed by atoms with Crippen molar-refractivity contribution >= 4 is 33.2 Å². The molecule has 176 valence electrons. The molecule has 3 rings (SSSR count). The number of benzene rings is 1. The molecule has 0 saturated heterocycles. The second-order valence-corrected chi connectivity index (χ2v) is 10.1. The van der Waals surface area contributed by atoms with Crippen molar-refractivity contribution in [2.45, 2.75) is 43.8 Å². The molecule has 0 aliphatic rings. The van der Waals surface area contributed by atoms with E-state index < -0.39 is 28.5 Å². The van der Waals surface area contributed by atoms with Crippen molar-refractivity contribution in [2.75, 3.05) is 6.54 Å². The van der Waals surface area contributed by atoms with Crippen molar-refractivity contribution in [2.24, 2.45) is 0 Å². The van der Waals surface area contributed by atoms with Gasteiger partial charge in [0.25, 0.3) is 0 Å². The standard InChI is InChI=1S/C23H27N3O5S2/c1-2-8-21(23(28)24-15-18-9-6-13-31-18)26(17-19-10-7-14-32-19)22(27)16-25-33(29,30)20-11-4-3-5-12-20/h3-7,9-14,21,25H,2,8,15-17H2,1H3,(H,24,28). The number of rotatable bonds is 12. The van der Waals surface area contributed by atoms with Crippen LogP contribution in [0, 0.1) is 0 Å². The molecular weight excluding hydrogens is 462 g/mol. The maximum atomic E-state index is 13.2. The Bertz CT molecular complexity index is 1110. The zero-order valence-electron chi connectivity index (χ0n) is 18.3. The Kier molecular flexibility index (Phi) is 8.81. The summed E-state index contributed by atoms with van der Waals surface area (Å²) in [5.74, 6) is -0.191. The Balaban J connectivity index is 1.76. The van der Waals surface area contributed by atoms with Crippen LogP contribution in [0.4, 0.5) is 0 Å². The normalized spacial score (nSPS) is 12.3. The third-order valence-electron chi connectivity index (χ3n) is 4.95. The fourth-order valence-corrected chi connectivity index (χ4v) is 4.99. The molecule has 0 fully saturated rings. The quantitative estimate of drug-likeness (QED) is 0.406. The molecule has 1 atom stereocenters. The number of hydrogen-bond acceptors (Lipinski definition) is 6. The third-order valence-corrected chi connectivity index (χ3v) is 7.23. The van der Waals surface area contributed by atoms with E-state index in [4.69, 9.17) is 4.42 Å². The first-order valence-electron chi connectivity index (χ1n) is 10.6. The lowest BCUT2D eigenvalue weighted by atomic mass is 10.1. The van der Waals surface area contributed by atoms with Crippen LogP contribution in [0.3, 0.4) is 0 Å². The highest BCUT2D eigenvalue weighted by Crippen LogP contribution is 2.18. The zero-order valence-corrected chi connectivity index (χ0v) is 19.9. The second-order valence-electron chi connectivity index (χ2n) is 7.34. The molecule has 0 aliphatic carbocycles. The number of carbonyl (C=O) groups is 2. The monoisotopic (exact) mass is 489 g/mol. The van der Waals surface area contributed by atoms with E-state index in [-0.39, 0.29) is 23.9 Å². The van der Waals surface area contributed by atoms with Gasteiger partial charge in [0.15, 0.2) is 0 Å². The SMILES string of the molecule is CCCC(C(=O)NCc1ccco1)N(Cc1cccs1)C(=O)CNS(=O)(=O)c1ccccc1. The predicted molar refractivity (Wildman–Crippen MR) is 126 cm³/mol. The summed E-state index contributed by atoms with van der Waals surface area (Å²) >= 11 is 1.47. The molecule has 1 aromatic carbocycles. The fraction of sp³-hybridized carbons (Fsp3) is 0.304. The van der Waals surface area contributed by atoms with Crippen LogP contribution in [0.25, 0.3) is 0 Å². The van der Waals surface area contributed by atoms with Crippen LogP contribution in [-0.4, -0.2) is 37.7 Å². The van der Waals surface area contributed by atoms with Gasteiger partial charge >= 0.3 is 0 Å². The average molecular weight is 490 g/mol. The van der Waals surface area contributed by atoms with Crippen molar-refractivity contribution < 1.29 is 22.4 Å². The van der Waals surface area contributed by atoms with E-state index in [0.717, 1.165) is 4.88 Å². The number of nitrogens with zero attached hydrogens (tertiary/aromatic N) is 1. The van der Waals surface area contributed by atoms with E-state index in [9.17, 15) is 18.0 Å². The van der Waals surface area contributed by atoms with Gasteiger partial charge in [-0.3, -0.25) is 9.59 Å². The Morgan fingerprint density at radius 3 is 2.52 bits per heavy atom. The van der Waals surface area contributed by atoms with Crippen molar-refractivity contribution in [1.82, 2.24) is 14.9 Å². The van der Waals surface area contributed by atoms with Crippen LogP contribution >= 0.6 is 11.3 Å². The van der Waals surface area contributed by atoms with Gasteiger partial charge in [-0.1, -0.05) is 37.6 Å². The summed E-state index contributed by atoms with van der Waals surface area (Å²) in [7, 11) is -3.86. The number of amides is 2. The lowest BCUT2D eigenvalue weighted by Crippen LogP contribution is -2.51. The first-order chi connectivity index (χ1) is 15.9. The summed E-state index contributed by atoms with van der Waals surface area (Å²) in [5.41, 5.74) is 0. The Morgan fingerprint density at radius 2 is 1.88 bits per heavy atom. The average Bonchev–Trinajstić information content (AvgIpc) is 3.53. The van der Waals surface area contributed by atoms with Gasteiger partial charge in [-0.05, 0) is 42.1 Å². The lowest BCUT2D eigenvalue weighted by molar-refractivity contribution is -0.140. The van der Waals surface area contributed by atoms with Crippen molar-refractivity contribution in [1.29, 1.82) is 0 Å². The number of hydrogen-bond donors (Lipinski definition) is 2. The highest BCUT2D eigenvalue weighted by Gasteiger charge is 2.30. The molecule has 3 aromatic rings. The summed E-state index contributed by atoms with van der Waals surface area (Å²) in [4.78, 5) is 28.7. The minimum atomic E-state index is -3.86. The van der Waals surface area contributed by atoms with Crippen LogP contribution in [0.1, 0.15) is 30.4 Å². The maximum absolute atomic E-state index is 13.2. The highest BCUT2D eigenvalue weighted by atomic mass is 32.2. The molecule has 0 spiro atoms. The molecule has 0 aliphatic heterocycles. The highest BCUT2D eigenvalue weighted by molar-refractivity contribution is 7.89. The molecule has 33 heavy (non-hydrogen) atoms. The molecule has 1 unspecified atom stereocenters. The largest absolute Gasteiger partial charge is 0.467 e. The van der Waals surface area contributed by atoms with Crippen LogP contribution in [0.15, 0.2) is 75.6 Å². The Hall–Kier alpha value is -2.95. The van der Waals surface area contributed by atoms with Gasteiger partial charge in [-0.25, -0.2) is 13.1 Å². The summed E-state index contributed by atoms with van der Waals surface area (Å²) in [6.07, 6.45) is 2.63. The Labute approximate surface area is 197 Å². The summed E-state index contributed by atoms with van der Waals surface area (Å²) < 4.78 is 32.8. The van der Waals surface area contributed by atoms with Crippen LogP contribution in [0.5, 0.6) is 0 Å². The number of nitrogens with one attached hydrogen (secondary N) is 2. The molecule has 0 radical (unpaired) electrons. The first-order valence-corrected chi connectivity index (χ1v) is 12.9. The number of furan rings is 1. The van der Waals surface area contributed by atoms with Crippen molar-refractivity contribution in [3.8, 4) is 0 Å². The first kappa shape index (κ1) is 24.7. The van der Waals surface area contributed by atoms with E-state index in [1.165, 1.54) is 34.6 Å². The van der Waals surface area contributed by atoms with Gasteiger partial charge < -0.3 is 14.6 Å². The van der Waals surface area contributed by atoms with Crippen molar-refractivity contribution in [3.63, 3.8) is 0 Å². The van der Waals surface area contributed by atoms with Gasteiger partial charge in [-0.15, -0.1) is 11.3 Å². The van der Waals surface area contributed by atoms with E-state index in [2.05, 4.69) is 10.0 Å². The molecular formula is C23H27N3O5S2. The van der Waals surface area contributed by atoms with Gasteiger partial charge in [0, 0.05) is 4.88 Å². The third kappa shape index (κ3) is 7.01. The molecule has 2 N–H and O–H groups in total. The maximum Gasteiger partial charge on any atom is 0.243 e. The summed E-state index contributed by atoms with van der Waals surface area (Å²) in [6, 6.07) is 14.3. The number of sulfonamides is 1. The molecule has 2 aromatic heterocycles. The summed E-state index contributed by atoms with van der Waals surface area (Å²) in [5, 5.41) is 4.71. The van der Waals surface area contributed by atoms with Crippen LogP contribution in [0.2, 0.25) is 0 Å². The fourth-order valence-electron chi connectivity index (χ4n) is 3.29. The zero-order chi connectivity index (χ0) is 23.7. The second kappa shape index (κ2) is 11.8. The van der Waals surface area contributed by atoms with E-state index in [1.807, 2.05) is 24.4 Å². The van der Waals surface area contributed by atoms with Gasteiger partial charge in [0.05, 0.1) is 30.8 Å². The predicted octanol–water partition coefficient (Wildman–Crippen LogP) is 3.13. The molecule has 2 heterocycles. The molecule has 10 heteroatoms. The van der Waals surface area contributed by atoms with E-state index in [0.29, 0.717) is 18.6 Å². The van der Waals surface area contributed by atoms with E-state index in [1.54, 1.807) is 30.3 Å².